The van der Waals surface area contributed by atoms with Gasteiger partial charge in [0.05, 0.1) is 6.42 Å². The van der Waals surface area contributed by atoms with Crippen LogP contribution in [0, 0.1) is 0 Å². The van der Waals surface area contributed by atoms with Gasteiger partial charge in [0.1, 0.15) is 0 Å². The van der Waals surface area contributed by atoms with E-state index in [1.165, 1.54) is 0 Å². The quantitative estimate of drug-likeness (QED) is 0.417. The Labute approximate surface area is 84.9 Å². The second-order valence-electron chi connectivity index (χ2n) is 1.99. The molecule has 0 amide bonds. The Kier molecular flexibility index (Phi) is 4.90. The highest BCUT2D eigenvalue weighted by Crippen LogP contribution is 2.30. The fourth-order valence-corrected chi connectivity index (χ4v) is 0.726. The second-order valence-corrected chi connectivity index (χ2v) is 4.51. The van der Waals surface area contributed by atoms with E-state index in [2.05, 4.69) is 4.74 Å². The van der Waals surface area contributed by atoms with Gasteiger partial charge < -0.3 is 4.74 Å². The third kappa shape index (κ3) is 6.70. The maximum atomic E-state index is 10.7. The molecule has 70 valence electrons. The Morgan fingerprint density at radius 1 is 1.25 bits per heavy atom. The highest BCUT2D eigenvalue weighted by Gasteiger charge is 2.26. The van der Waals surface area contributed by atoms with Gasteiger partial charge in [0, 0.05) is 6.42 Å². The summed E-state index contributed by atoms with van der Waals surface area (Å²) >= 11 is 15.8. The van der Waals surface area contributed by atoms with Gasteiger partial charge >= 0.3 is 11.9 Å². The van der Waals surface area contributed by atoms with E-state index in [-0.39, 0.29) is 6.42 Å². The van der Waals surface area contributed by atoms with Crippen LogP contribution in [0.15, 0.2) is 0 Å². The van der Waals surface area contributed by atoms with Crippen molar-refractivity contribution in [3.05, 3.63) is 0 Å². The lowest BCUT2D eigenvalue weighted by molar-refractivity contribution is -0.159. The molecule has 0 rings (SSSR count). The van der Waals surface area contributed by atoms with Gasteiger partial charge in [-0.2, -0.15) is 0 Å². The van der Waals surface area contributed by atoms with Gasteiger partial charge in [-0.15, -0.1) is 0 Å². The number of esters is 2. The molecular weight excluding hydrogens is 226 g/mol. The molecule has 0 saturated carbocycles. The fourth-order valence-electron chi connectivity index (χ4n) is 0.399. The van der Waals surface area contributed by atoms with Gasteiger partial charge in [0.25, 0.3) is 0 Å². The van der Waals surface area contributed by atoms with Gasteiger partial charge in [-0.3, -0.25) is 9.59 Å². The first-order chi connectivity index (χ1) is 5.35. The zero-order valence-electron chi connectivity index (χ0n) is 6.27. The first kappa shape index (κ1) is 12.0. The lowest BCUT2D eigenvalue weighted by Gasteiger charge is -2.08. The van der Waals surface area contributed by atoms with Crippen LogP contribution in [0.3, 0.4) is 0 Å². The number of rotatable bonds is 2. The Hall–Kier alpha value is 0.01000. The summed E-state index contributed by atoms with van der Waals surface area (Å²) < 4.78 is 2.54. The van der Waals surface area contributed by atoms with Crippen molar-refractivity contribution >= 4 is 46.7 Å². The highest BCUT2D eigenvalue weighted by molar-refractivity contribution is 6.68. The zero-order chi connectivity index (χ0) is 9.78. The Balaban J connectivity index is 3.83. The molecular formula is C6H7Cl3O3. The average Bonchev–Trinajstić information content (AvgIpc) is 1.82. The van der Waals surface area contributed by atoms with Crippen LogP contribution in [0.4, 0.5) is 0 Å². The van der Waals surface area contributed by atoms with Gasteiger partial charge in [-0.05, 0) is 0 Å². The van der Waals surface area contributed by atoms with Gasteiger partial charge in [-0.1, -0.05) is 41.7 Å². The van der Waals surface area contributed by atoms with E-state index in [1.807, 2.05) is 0 Å². The summed E-state index contributed by atoms with van der Waals surface area (Å²) in [6.07, 6.45) is -0.311. The minimum Gasteiger partial charge on any atom is -0.393 e. The summed E-state index contributed by atoms with van der Waals surface area (Å²) in [4.78, 5) is 21.3. The molecule has 0 saturated heterocycles. The molecule has 0 aliphatic heterocycles. The van der Waals surface area contributed by atoms with E-state index in [0.717, 1.165) is 0 Å². The Bertz CT molecular complexity index is 185. The number of hydrogen-bond acceptors (Lipinski definition) is 3. The van der Waals surface area contributed by atoms with Crippen LogP contribution in [0.1, 0.15) is 19.8 Å². The molecule has 0 aromatic rings. The molecule has 0 spiro atoms. The first-order valence-electron chi connectivity index (χ1n) is 3.15. The minimum absolute atomic E-state index is 0.117. The van der Waals surface area contributed by atoms with Crippen LogP contribution in [-0.4, -0.2) is 15.7 Å². The molecule has 3 nitrogen and oxygen atoms in total. The molecule has 0 atom stereocenters. The molecule has 0 aromatic heterocycles. The summed E-state index contributed by atoms with van der Waals surface area (Å²) in [7, 11) is 0. The van der Waals surface area contributed by atoms with Crippen LogP contribution in [0.5, 0.6) is 0 Å². The molecule has 0 radical (unpaired) electrons. The number of carbonyl (C=O) groups is 2. The van der Waals surface area contributed by atoms with Crippen LogP contribution >= 0.6 is 34.8 Å². The molecule has 12 heavy (non-hydrogen) atoms. The van der Waals surface area contributed by atoms with Crippen LogP contribution in [0.25, 0.3) is 0 Å². The van der Waals surface area contributed by atoms with Gasteiger partial charge in [0.2, 0.25) is 3.79 Å². The molecule has 0 aliphatic rings. The van der Waals surface area contributed by atoms with E-state index in [9.17, 15) is 9.59 Å². The Morgan fingerprint density at radius 2 is 1.75 bits per heavy atom. The summed E-state index contributed by atoms with van der Waals surface area (Å²) in [6.45, 7) is 1.56. The largest absolute Gasteiger partial charge is 0.393 e. The monoisotopic (exact) mass is 232 g/mol. The predicted molar refractivity (Wildman–Crippen MR) is 46.3 cm³/mol. The van der Waals surface area contributed by atoms with Crippen molar-refractivity contribution in [2.75, 3.05) is 0 Å². The molecule has 0 N–H and O–H groups in total. The van der Waals surface area contributed by atoms with Gasteiger partial charge in [0.15, 0.2) is 0 Å². The lowest BCUT2D eigenvalue weighted by Crippen LogP contribution is -2.17. The summed E-state index contributed by atoms with van der Waals surface area (Å²) in [5.41, 5.74) is 0. The van der Waals surface area contributed by atoms with E-state index in [1.54, 1.807) is 6.92 Å². The number of carbonyl (C=O) groups excluding carboxylic acids is 2. The van der Waals surface area contributed by atoms with Crippen LogP contribution in [-0.2, 0) is 14.3 Å². The smallest absolute Gasteiger partial charge is 0.317 e. The first-order valence-corrected chi connectivity index (χ1v) is 4.29. The molecule has 0 aromatic carbocycles. The standard InChI is InChI=1S/C6H7Cl3O3/c1-2-4(10)12-5(11)3-6(7,8)9/h2-3H2,1H3. The van der Waals surface area contributed by atoms with Crippen molar-refractivity contribution in [2.24, 2.45) is 0 Å². The number of hydrogen-bond donors (Lipinski definition) is 0. The normalized spacial score (nSPS) is 11.0. The second kappa shape index (κ2) is 4.90. The van der Waals surface area contributed by atoms with Crippen molar-refractivity contribution in [3.8, 4) is 0 Å². The van der Waals surface area contributed by atoms with E-state index < -0.39 is 22.2 Å². The highest BCUT2D eigenvalue weighted by atomic mass is 35.6. The molecule has 0 heterocycles. The maximum absolute atomic E-state index is 10.7. The fraction of sp³-hybridized carbons (Fsp3) is 0.667. The van der Waals surface area contributed by atoms with Crippen LogP contribution in [0.2, 0.25) is 0 Å². The topological polar surface area (TPSA) is 43.4 Å². The summed E-state index contributed by atoms with van der Waals surface area (Å²) in [6, 6.07) is 0. The number of alkyl halides is 3. The van der Waals surface area contributed by atoms with Gasteiger partial charge in [-0.25, -0.2) is 0 Å². The molecule has 0 aliphatic carbocycles. The minimum atomic E-state index is -1.70. The van der Waals surface area contributed by atoms with Crippen molar-refractivity contribution < 1.29 is 14.3 Å². The number of halogens is 3. The third-order valence-corrected chi connectivity index (χ3v) is 1.26. The lowest BCUT2D eigenvalue weighted by atomic mass is 10.4. The zero-order valence-corrected chi connectivity index (χ0v) is 8.54. The summed E-state index contributed by atoms with van der Waals surface area (Å²) in [5, 5.41) is 0. The van der Waals surface area contributed by atoms with E-state index in [0.29, 0.717) is 0 Å². The van der Waals surface area contributed by atoms with Crippen molar-refractivity contribution in [2.45, 2.75) is 23.6 Å². The molecule has 6 heteroatoms. The van der Waals surface area contributed by atoms with Crippen molar-refractivity contribution in [1.29, 1.82) is 0 Å². The third-order valence-electron chi connectivity index (χ3n) is 0.861. The summed E-state index contributed by atoms with van der Waals surface area (Å²) in [5.74, 6) is -1.46. The van der Waals surface area contributed by atoms with Crippen molar-refractivity contribution in [3.63, 3.8) is 0 Å². The SMILES string of the molecule is CCC(=O)OC(=O)CC(Cl)(Cl)Cl. The van der Waals surface area contributed by atoms with Crippen LogP contribution < -0.4 is 0 Å². The average molecular weight is 233 g/mol. The maximum Gasteiger partial charge on any atom is 0.317 e. The van der Waals surface area contributed by atoms with E-state index >= 15 is 0 Å². The van der Waals surface area contributed by atoms with E-state index in [4.69, 9.17) is 34.8 Å². The molecule has 0 unspecified atom stereocenters. The predicted octanol–water partition coefficient (Wildman–Crippen LogP) is 2.23. The molecule has 0 bridgehead atoms. The number of ether oxygens (including phenoxy) is 1. The Morgan fingerprint density at radius 3 is 2.08 bits per heavy atom. The van der Waals surface area contributed by atoms with Crippen molar-refractivity contribution in [1.82, 2.24) is 0 Å². The molecule has 0 fully saturated rings.